The van der Waals surface area contributed by atoms with Gasteiger partial charge in [0.1, 0.15) is 11.6 Å². The van der Waals surface area contributed by atoms with Gasteiger partial charge in [0, 0.05) is 39.9 Å². The first kappa shape index (κ1) is 23.3. The summed E-state index contributed by atoms with van der Waals surface area (Å²) in [5.74, 6) is -3.76. The number of sulfone groups is 1. The highest BCUT2D eigenvalue weighted by molar-refractivity contribution is 7.90. The van der Waals surface area contributed by atoms with Gasteiger partial charge in [-0.25, -0.2) is 17.2 Å². The Hall–Kier alpha value is -2.90. The second kappa shape index (κ2) is 9.15. The number of carbonyl (C=O) groups excluding carboxylic acids is 1. The van der Waals surface area contributed by atoms with Gasteiger partial charge in [-0.2, -0.15) is 0 Å². The Kier molecular flexibility index (Phi) is 6.45. The van der Waals surface area contributed by atoms with Crippen molar-refractivity contribution in [2.24, 2.45) is 0 Å². The molecule has 1 aromatic heterocycles. The van der Waals surface area contributed by atoms with Crippen LogP contribution in [0.1, 0.15) is 40.5 Å². The number of hydrogen-bond donors (Lipinski definition) is 0. The van der Waals surface area contributed by atoms with E-state index in [2.05, 4.69) is 4.98 Å². The van der Waals surface area contributed by atoms with Crippen LogP contribution < -0.4 is 0 Å². The van der Waals surface area contributed by atoms with Gasteiger partial charge < -0.3 is 0 Å². The summed E-state index contributed by atoms with van der Waals surface area (Å²) in [5, 5.41) is 0.590. The molecule has 0 aliphatic heterocycles. The number of ketones is 1. The van der Waals surface area contributed by atoms with Crippen LogP contribution in [0.4, 0.5) is 8.78 Å². The molecule has 0 radical (unpaired) electrons. The minimum Gasteiger partial charge on any atom is -0.288 e. The van der Waals surface area contributed by atoms with E-state index < -0.39 is 38.6 Å². The predicted molar refractivity (Wildman–Crippen MR) is 125 cm³/mol. The third kappa shape index (κ3) is 4.75. The molecule has 0 unspecified atom stereocenters. The molecule has 170 valence electrons. The fourth-order valence-corrected chi connectivity index (χ4v) is 5.46. The van der Waals surface area contributed by atoms with Crippen LogP contribution in [0.15, 0.2) is 54.7 Å². The van der Waals surface area contributed by atoms with Crippen molar-refractivity contribution in [2.75, 3.05) is 5.75 Å². The van der Waals surface area contributed by atoms with Crippen LogP contribution in [-0.2, 0) is 22.0 Å². The molecule has 33 heavy (non-hydrogen) atoms. The third-order valence-corrected chi connectivity index (χ3v) is 7.50. The Bertz CT molecular complexity index is 1380. The monoisotopic (exact) mass is 487 g/mol. The van der Waals surface area contributed by atoms with Gasteiger partial charge in [-0.3, -0.25) is 9.78 Å². The minimum absolute atomic E-state index is 0.193. The fourth-order valence-electron chi connectivity index (χ4n) is 3.87. The van der Waals surface area contributed by atoms with Gasteiger partial charge in [0.05, 0.1) is 22.8 Å². The number of aromatic nitrogens is 1. The van der Waals surface area contributed by atoms with Gasteiger partial charge in [0.25, 0.3) is 0 Å². The van der Waals surface area contributed by atoms with E-state index in [4.69, 9.17) is 11.6 Å². The zero-order valence-electron chi connectivity index (χ0n) is 17.7. The molecule has 0 bridgehead atoms. The van der Waals surface area contributed by atoms with Crippen LogP contribution >= 0.6 is 11.6 Å². The zero-order chi connectivity index (χ0) is 23.8. The van der Waals surface area contributed by atoms with E-state index >= 15 is 4.39 Å². The lowest BCUT2D eigenvalue weighted by Gasteiger charge is -2.12. The second-order valence-electron chi connectivity index (χ2n) is 7.86. The molecule has 0 amide bonds. The smallest absolute Gasteiger partial charge is 0.196 e. The molecule has 0 N–H and O–H groups in total. The quantitative estimate of drug-likeness (QED) is 0.393. The molecule has 0 saturated carbocycles. The van der Waals surface area contributed by atoms with Crippen molar-refractivity contribution in [3.05, 3.63) is 93.8 Å². The van der Waals surface area contributed by atoms with Crippen LogP contribution in [0.25, 0.3) is 16.7 Å². The average molecular weight is 488 g/mol. The topological polar surface area (TPSA) is 64.1 Å². The summed E-state index contributed by atoms with van der Waals surface area (Å²) in [6, 6.07) is 10.9. The van der Waals surface area contributed by atoms with E-state index in [-0.39, 0.29) is 16.9 Å². The Morgan fingerprint density at radius 2 is 1.82 bits per heavy atom. The summed E-state index contributed by atoms with van der Waals surface area (Å²) in [5.41, 5.74) is 2.12. The Morgan fingerprint density at radius 3 is 2.52 bits per heavy atom. The van der Waals surface area contributed by atoms with Crippen molar-refractivity contribution >= 4 is 32.8 Å². The van der Waals surface area contributed by atoms with E-state index in [1.807, 2.05) is 12.1 Å². The van der Waals surface area contributed by atoms with E-state index in [0.29, 0.717) is 29.1 Å². The number of halogens is 3. The maximum Gasteiger partial charge on any atom is 0.196 e. The lowest BCUT2D eigenvalue weighted by atomic mass is 9.95. The Labute approximate surface area is 195 Å². The molecule has 3 aromatic rings. The van der Waals surface area contributed by atoms with E-state index in [9.17, 15) is 17.6 Å². The molecular weight excluding hydrogens is 468 g/mol. The fraction of sp³-hybridized carbons (Fsp3) is 0.200. The molecule has 0 saturated heterocycles. The zero-order valence-corrected chi connectivity index (χ0v) is 19.3. The summed E-state index contributed by atoms with van der Waals surface area (Å²) in [6.07, 6.45) is 4.08. The number of hydrogen-bond acceptors (Lipinski definition) is 4. The number of allylic oxidation sites excluding steroid dienone is 2. The molecule has 1 aliphatic rings. The largest absolute Gasteiger partial charge is 0.288 e. The lowest BCUT2D eigenvalue weighted by molar-refractivity contribution is 0.105. The molecular formula is C25H20ClF2NO3S. The molecule has 0 fully saturated rings. The molecule has 4 rings (SSSR count). The standard InChI is InChI=1S/C25H20ClF2NO3S/c1-2-11-33(31,32)14-21-22(27)9-7-19(24(21)28)25(30)18-8-10-23-20(18)12-16(13-29-23)15-3-5-17(26)6-4-15/h3-9,12-13H,2,10-11,14H2,1H3. The average Bonchev–Trinajstić information content (AvgIpc) is 3.20. The lowest BCUT2D eigenvalue weighted by Crippen LogP contribution is -2.14. The van der Waals surface area contributed by atoms with E-state index in [0.717, 1.165) is 23.3 Å². The third-order valence-electron chi connectivity index (χ3n) is 5.49. The van der Waals surface area contributed by atoms with Crippen molar-refractivity contribution in [1.82, 2.24) is 4.98 Å². The van der Waals surface area contributed by atoms with Gasteiger partial charge in [-0.1, -0.05) is 36.7 Å². The highest BCUT2D eigenvalue weighted by Gasteiger charge is 2.28. The van der Waals surface area contributed by atoms with Crippen LogP contribution in [0, 0.1) is 11.6 Å². The summed E-state index contributed by atoms with van der Waals surface area (Å²) < 4.78 is 53.8. The number of fused-ring (bicyclic) bond motifs is 1. The summed E-state index contributed by atoms with van der Waals surface area (Å²) >= 11 is 5.95. The molecule has 0 spiro atoms. The van der Waals surface area contributed by atoms with E-state index in [1.165, 1.54) is 0 Å². The van der Waals surface area contributed by atoms with E-state index in [1.54, 1.807) is 37.4 Å². The van der Waals surface area contributed by atoms with Gasteiger partial charge in [-0.05, 0) is 42.3 Å². The number of rotatable bonds is 7. The van der Waals surface area contributed by atoms with Gasteiger partial charge >= 0.3 is 0 Å². The summed E-state index contributed by atoms with van der Waals surface area (Å²) in [6.45, 7) is 1.67. The van der Waals surface area contributed by atoms with Crippen LogP contribution in [-0.4, -0.2) is 24.9 Å². The molecule has 4 nitrogen and oxygen atoms in total. The molecule has 1 aliphatic carbocycles. The Morgan fingerprint density at radius 1 is 1.09 bits per heavy atom. The Balaban J connectivity index is 1.70. The van der Waals surface area contributed by atoms with Crippen molar-refractivity contribution in [2.45, 2.75) is 25.5 Å². The second-order valence-corrected chi connectivity index (χ2v) is 10.5. The highest BCUT2D eigenvalue weighted by atomic mass is 35.5. The first-order chi connectivity index (χ1) is 15.7. The molecule has 2 aromatic carbocycles. The van der Waals surface area contributed by atoms with Crippen LogP contribution in [0.5, 0.6) is 0 Å². The number of nitrogens with zero attached hydrogens (tertiary/aromatic N) is 1. The van der Waals surface area contributed by atoms with Crippen LogP contribution in [0.2, 0.25) is 5.02 Å². The molecule has 0 atom stereocenters. The number of carbonyl (C=O) groups is 1. The maximum absolute atomic E-state index is 15.2. The summed E-state index contributed by atoms with van der Waals surface area (Å²) in [7, 11) is -3.70. The number of benzene rings is 2. The van der Waals surface area contributed by atoms with Gasteiger partial charge in [0.2, 0.25) is 0 Å². The van der Waals surface area contributed by atoms with Crippen molar-refractivity contribution in [1.29, 1.82) is 0 Å². The molecule has 8 heteroatoms. The maximum atomic E-state index is 15.2. The number of Topliss-reactive ketones (excluding diaryl/α,β-unsaturated/α-hetero) is 1. The summed E-state index contributed by atoms with van der Waals surface area (Å²) in [4.78, 5) is 17.7. The first-order valence-corrected chi connectivity index (χ1v) is 12.6. The van der Waals surface area contributed by atoms with Crippen LogP contribution in [0.3, 0.4) is 0 Å². The van der Waals surface area contributed by atoms with Gasteiger partial charge in [0.15, 0.2) is 15.6 Å². The highest BCUT2D eigenvalue weighted by Crippen LogP contribution is 2.34. The normalized spacial score (nSPS) is 13.0. The molecule has 1 heterocycles. The minimum atomic E-state index is -3.70. The predicted octanol–water partition coefficient (Wildman–Crippen LogP) is 5.83. The van der Waals surface area contributed by atoms with Crippen molar-refractivity contribution in [3.8, 4) is 11.1 Å². The first-order valence-electron chi connectivity index (χ1n) is 10.4. The SMILES string of the molecule is CCCS(=O)(=O)Cc1c(F)ccc(C(=O)C2=CCc3ncc(-c4ccc(Cl)cc4)cc32)c1F. The van der Waals surface area contributed by atoms with Crippen molar-refractivity contribution in [3.63, 3.8) is 0 Å². The van der Waals surface area contributed by atoms with Crippen molar-refractivity contribution < 1.29 is 22.0 Å². The number of pyridine rings is 1. The van der Waals surface area contributed by atoms with Gasteiger partial charge in [-0.15, -0.1) is 0 Å².